The highest BCUT2D eigenvalue weighted by atomic mass is 16.5. The zero-order chi connectivity index (χ0) is 14.8. The molecular weight excluding hydrogens is 242 g/mol. The maximum absolute atomic E-state index is 11.9. The minimum Gasteiger partial charge on any atom is -0.465 e. The monoisotopic (exact) mass is 271 g/mol. The summed E-state index contributed by atoms with van der Waals surface area (Å²) in [7, 11) is 0. The highest BCUT2D eigenvalue weighted by Crippen LogP contribution is 2.17. The summed E-state index contributed by atoms with van der Waals surface area (Å²) >= 11 is 0. The Labute approximate surface area is 117 Å². The zero-order valence-electron chi connectivity index (χ0n) is 13.0. The summed E-state index contributed by atoms with van der Waals surface area (Å²) in [5, 5.41) is 2.90. The maximum Gasteiger partial charge on any atom is 0.308 e. The Balaban J connectivity index is 4.21. The molecule has 2 unspecified atom stereocenters. The van der Waals surface area contributed by atoms with E-state index in [4.69, 9.17) is 4.74 Å². The molecular formula is C15H29NO3. The topological polar surface area (TPSA) is 55.4 Å². The number of hydrogen-bond donors (Lipinski definition) is 1. The van der Waals surface area contributed by atoms with E-state index < -0.39 is 0 Å². The van der Waals surface area contributed by atoms with Crippen LogP contribution in [0, 0.1) is 11.8 Å². The molecule has 4 nitrogen and oxygen atoms in total. The van der Waals surface area contributed by atoms with Crippen molar-refractivity contribution in [3.63, 3.8) is 0 Å². The van der Waals surface area contributed by atoms with Crippen LogP contribution >= 0.6 is 0 Å². The Morgan fingerprint density at radius 1 is 1.16 bits per heavy atom. The van der Waals surface area contributed by atoms with Crippen molar-refractivity contribution >= 4 is 11.9 Å². The third-order valence-electron chi connectivity index (χ3n) is 3.08. The molecule has 0 saturated carbocycles. The highest BCUT2D eigenvalue weighted by molar-refractivity contribution is 5.80. The molecule has 112 valence electrons. The van der Waals surface area contributed by atoms with Gasteiger partial charge in [-0.15, -0.1) is 0 Å². The van der Waals surface area contributed by atoms with Gasteiger partial charge >= 0.3 is 5.97 Å². The molecule has 0 fully saturated rings. The average Bonchev–Trinajstić information content (AvgIpc) is 2.34. The van der Waals surface area contributed by atoms with Crippen LogP contribution in [0.4, 0.5) is 0 Å². The number of carbonyl (C=O) groups is 2. The van der Waals surface area contributed by atoms with Crippen molar-refractivity contribution < 1.29 is 14.3 Å². The average molecular weight is 271 g/mol. The van der Waals surface area contributed by atoms with E-state index in [0.717, 1.165) is 19.3 Å². The molecule has 0 heterocycles. The quantitative estimate of drug-likeness (QED) is 0.518. The summed E-state index contributed by atoms with van der Waals surface area (Å²) in [6.07, 6.45) is 3.20. The summed E-state index contributed by atoms with van der Waals surface area (Å²) in [6, 6.07) is 0.133. The van der Waals surface area contributed by atoms with Crippen LogP contribution < -0.4 is 5.32 Å². The first kappa shape index (κ1) is 17.9. The predicted octanol–water partition coefficient (Wildman–Crippen LogP) is 2.91. The van der Waals surface area contributed by atoms with Crippen molar-refractivity contribution in [1.29, 1.82) is 0 Å². The normalized spacial score (nSPS) is 14.0. The summed E-state index contributed by atoms with van der Waals surface area (Å²) in [5.74, 6) is -0.495. The number of esters is 1. The third-order valence-corrected chi connectivity index (χ3v) is 3.08. The van der Waals surface area contributed by atoms with Crippen molar-refractivity contribution in [2.45, 2.75) is 66.3 Å². The Morgan fingerprint density at radius 2 is 1.79 bits per heavy atom. The molecule has 4 heteroatoms. The van der Waals surface area contributed by atoms with E-state index in [1.807, 2.05) is 27.7 Å². The molecule has 0 rings (SSSR count). The number of carbonyl (C=O) groups excluding carboxylic acids is 2. The zero-order valence-corrected chi connectivity index (χ0v) is 13.0. The van der Waals surface area contributed by atoms with Crippen molar-refractivity contribution in [3.05, 3.63) is 0 Å². The van der Waals surface area contributed by atoms with Crippen molar-refractivity contribution in [2.75, 3.05) is 6.61 Å². The highest BCUT2D eigenvalue weighted by Gasteiger charge is 2.24. The van der Waals surface area contributed by atoms with Crippen LogP contribution in [0.25, 0.3) is 0 Å². The fraction of sp³-hybridized carbons (Fsp3) is 0.867. The Morgan fingerprint density at radius 3 is 2.26 bits per heavy atom. The first-order chi connectivity index (χ1) is 8.92. The van der Waals surface area contributed by atoms with Gasteiger partial charge in [-0.3, -0.25) is 9.59 Å². The summed E-state index contributed by atoms with van der Waals surface area (Å²) < 4.78 is 5.18. The first-order valence-electron chi connectivity index (χ1n) is 7.39. The number of ether oxygens (including phenoxy) is 1. The van der Waals surface area contributed by atoms with Gasteiger partial charge in [-0.2, -0.15) is 0 Å². The lowest BCUT2D eigenvalue weighted by Gasteiger charge is -2.20. The van der Waals surface area contributed by atoms with Gasteiger partial charge in [-0.1, -0.05) is 27.2 Å². The van der Waals surface area contributed by atoms with Crippen LogP contribution in [0.3, 0.4) is 0 Å². The molecule has 0 aliphatic carbocycles. The number of amides is 1. The molecule has 0 radical (unpaired) electrons. The van der Waals surface area contributed by atoms with Gasteiger partial charge in [0.1, 0.15) is 0 Å². The number of nitrogens with one attached hydrogen (secondary N) is 1. The van der Waals surface area contributed by atoms with Crippen LogP contribution in [0.15, 0.2) is 0 Å². The number of hydrogen-bond acceptors (Lipinski definition) is 3. The lowest BCUT2D eigenvalue weighted by molar-refractivity contribution is -0.148. The van der Waals surface area contributed by atoms with E-state index >= 15 is 0 Å². The van der Waals surface area contributed by atoms with Gasteiger partial charge in [0.2, 0.25) is 5.91 Å². The lowest BCUT2D eigenvalue weighted by Crippen LogP contribution is -2.36. The van der Waals surface area contributed by atoms with E-state index in [1.165, 1.54) is 0 Å². The van der Waals surface area contributed by atoms with Crippen LogP contribution in [0.5, 0.6) is 0 Å². The largest absolute Gasteiger partial charge is 0.465 e. The fourth-order valence-corrected chi connectivity index (χ4v) is 1.84. The van der Waals surface area contributed by atoms with Gasteiger partial charge < -0.3 is 10.1 Å². The van der Waals surface area contributed by atoms with Crippen molar-refractivity contribution in [2.24, 2.45) is 11.8 Å². The molecule has 2 atom stereocenters. The third kappa shape index (κ3) is 7.85. The Bertz CT molecular complexity index is 277. The molecule has 0 aromatic rings. The second kappa shape index (κ2) is 9.82. The molecule has 0 aromatic heterocycles. The summed E-state index contributed by atoms with van der Waals surface area (Å²) in [6.45, 7) is 10.2. The minimum absolute atomic E-state index is 0.0331. The molecule has 0 aliphatic heterocycles. The molecule has 0 aliphatic rings. The molecule has 1 N–H and O–H groups in total. The first-order valence-corrected chi connectivity index (χ1v) is 7.39. The minimum atomic E-state index is -0.222. The van der Waals surface area contributed by atoms with Crippen LogP contribution in [-0.4, -0.2) is 24.5 Å². The Kier molecular flexibility index (Phi) is 9.27. The van der Waals surface area contributed by atoms with E-state index in [2.05, 4.69) is 12.2 Å². The van der Waals surface area contributed by atoms with Gasteiger partial charge in [-0.05, 0) is 33.1 Å². The molecule has 0 aromatic carbocycles. The van der Waals surface area contributed by atoms with E-state index in [0.29, 0.717) is 13.0 Å². The molecule has 19 heavy (non-hydrogen) atoms. The van der Waals surface area contributed by atoms with Crippen LogP contribution in [-0.2, 0) is 14.3 Å². The van der Waals surface area contributed by atoms with Crippen LogP contribution in [0.1, 0.15) is 60.3 Å². The fourth-order valence-electron chi connectivity index (χ4n) is 1.84. The van der Waals surface area contributed by atoms with Crippen molar-refractivity contribution in [3.8, 4) is 0 Å². The lowest BCUT2D eigenvalue weighted by atomic mass is 9.92. The standard InChI is InChI=1S/C15H29NO3/c1-6-8-9-19-15(18)12(5)10-13(7-2)14(17)16-11(3)4/h11-13H,6-10H2,1-5H3,(H,16,17). The second-order valence-corrected chi connectivity index (χ2v) is 5.43. The van der Waals surface area contributed by atoms with E-state index in [-0.39, 0.29) is 29.8 Å². The molecule has 0 saturated heterocycles. The second-order valence-electron chi connectivity index (χ2n) is 5.43. The van der Waals surface area contributed by atoms with Crippen molar-refractivity contribution in [1.82, 2.24) is 5.32 Å². The summed E-state index contributed by atoms with van der Waals surface area (Å²) in [4.78, 5) is 23.7. The molecule has 0 spiro atoms. The van der Waals surface area contributed by atoms with Crippen LogP contribution in [0.2, 0.25) is 0 Å². The van der Waals surface area contributed by atoms with Gasteiger partial charge in [-0.25, -0.2) is 0 Å². The maximum atomic E-state index is 11.9. The van der Waals surface area contributed by atoms with E-state index in [1.54, 1.807) is 0 Å². The smallest absolute Gasteiger partial charge is 0.308 e. The van der Waals surface area contributed by atoms with Gasteiger partial charge in [0, 0.05) is 12.0 Å². The predicted molar refractivity (Wildman–Crippen MR) is 76.7 cm³/mol. The van der Waals surface area contributed by atoms with Gasteiger partial charge in [0.15, 0.2) is 0 Å². The van der Waals surface area contributed by atoms with E-state index in [9.17, 15) is 9.59 Å². The number of unbranched alkanes of at least 4 members (excludes halogenated alkanes) is 1. The van der Waals surface area contributed by atoms with Gasteiger partial charge in [0.05, 0.1) is 12.5 Å². The van der Waals surface area contributed by atoms with Gasteiger partial charge in [0.25, 0.3) is 0 Å². The number of rotatable bonds is 9. The molecule has 0 bridgehead atoms. The Hall–Kier alpha value is -1.06. The molecule has 1 amide bonds. The summed E-state index contributed by atoms with van der Waals surface area (Å²) in [5.41, 5.74) is 0. The SMILES string of the molecule is CCCCOC(=O)C(C)CC(CC)C(=O)NC(C)C.